The number of fused-ring (bicyclic) bond motifs is 1. The van der Waals surface area contributed by atoms with E-state index in [1.807, 2.05) is 36.5 Å². The monoisotopic (exact) mass is 315 g/mol. The summed E-state index contributed by atoms with van der Waals surface area (Å²) in [4.78, 5) is 3.19. The number of aromatic nitrogens is 1. The summed E-state index contributed by atoms with van der Waals surface area (Å²) in [7, 11) is 0. The van der Waals surface area contributed by atoms with E-state index in [2.05, 4.69) is 31.1 Å². The van der Waals surface area contributed by atoms with Crippen LogP contribution in [0.2, 0.25) is 0 Å². The van der Waals surface area contributed by atoms with E-state index in [1.54, 1.807) is 18.7 Å². The van der Waals surface area contributed by atoms with Crippen LogP contribution in [0.15, 0.2) is 61.9 Å². The van der Waals surface area contributed by atoms with Crippen LogP contribution in [0.25, 0.3) is 10.9 Å². The third-order valence-corrected chi connectivity index (χ3v) is 3.16. The van der Waals surface area contributed by atoms with Crippen LogP contribution in [0.5, 0.6) is 0 Å². The van der Waals surface area contributed by atoms with Gasteiger partial charge in [-0.25, -0.2) is 0 Å². The molecular formula is C14H10BrN3O. The molecular weight excluding hydrogens is 306 g/mol. The molecule has 0 radical (unpaired) electrons. The fraction of sp³-hybridized carbons (Fsp3) is 0. The molecule has 4 nitrogen and oxygen atoms in total. The lowest BCUT2D eigenvalue weighted by atomic mass is 10.2. The van der Waals surface area contributed by atoms with Gasteiger partial charge in [0.2, 0.25) is 0 Å². The van der Waals surface area contributed by atoms with Gasteiger partial charge in [0.1, 0.15) is 5.76 Å². The molecule has 0 aliphatic heterocycles. The standard InChI is InChI=1S/C14H10BrN3O/c15-11-3-4-14-13(6-11)10(7-16-14)8-17-18-9-12-2-1-5-19-12/h1-9,16H. The Balaban J connectivity index is 1.83. The molecule has 0 amide bonds. The highest BCUT2D eigenvalue weighted by Crippen LogP contribution is 2.21. The van der Waals surface area contributed by atoms with Gasteiger partial charge in [0.25, 0.3) is 0 Å². The Kier molecular flexibility index (Phi) is 3.29. The Hall–Kier alpha value is -2.14. The van der Waals surface area contributed by atoms with Gasteiger partial charge in [0.05, 0.1) is 18.7 Å². The summed E-state index contributed by atoms with van der Waals surface area (Å²) in [5, 5.41) is 9.06. The van der Waals surface area contributed by atoms with Crippen molar-refractivity contribution >= 4 is 39.3 Å². The van der Waals surface area contributed by atoms with Crippen LogP contribution in [0.1, 0.15) is 11.3 Å². The number of halogens is 1. The average molecular weight is 316 g/mol. The zero-order valence-electron chi connectivity index (χ0n) is 9.88. The Morgan fingerprint density at radius 1 is 1.16 bits per heavy atom. The van der Waals surface area contributed by atoms with Crippen molar-refractivity contribution in [3.63, 3.8) is 0 Å². The van der Waals surface area contributed by atoms with Gasteiger partial charge in [-0.1, -0.05) is 15.9 Å². The quantitative estimate of drug-likeness (QED) is 0.577. The number of nitrogens with zero attached hydrogens (tertiary/aromatic N) is 2. The molecule has 94 valence electrons. The van der Waals surface area contributed by atoms with E-state index in [0.29, 0.717) is 5.76 Å². The lowest BCUT2D eigenvalue weighted by molar-refractivity contribution is 0.560. The fourth-order valence-electron chi connectivity index (χ4n) is 1.77. The summed E-state index contributed by atoms with van der Waals surface area (Å²) < 4.78 is 6.16. The Labute approximate surface area is 118 Å². The zero-order chi connectivity index (χ0) is 13.1. The van der Waals surface area contributed by atoms with Gasteiger partial charge in [0.15, 0.2) is 0 Å². The number of hydrogen-bond donors (Lipinski definition) is 1. The van der Waals surface area contributed by atoms with Crippen LogP contribution >= 0.6 is 15.9 Å². The Bertz CT molecular complexity index is 741. The number of hydrogen-bond acceptors (Lipinski definition) is 3. The second-order valence-corrected chi connectivity index (χ2v) is 4.85. The van der Waals surface area contributed by atoms with E-state index >= 15 is 0 Å². The van der Waals surface area contributed by atoms with Gasteiger partial charge in [0, 0.05) is 27.1 Å². The predicted molar refractivity (Wildman–Crippen MR) is 79.9 cm³/mol. The molecule has 1 N–H and O–H groups in total. The summed E-state index contributed by atoms with van der Waals surface area (Å²) in [6.45, 7) is 0. The van der Waals surface area contributed by atoms with E-state index in [1.165, 1.54) is 0 Å². The molecule has 0 unspecified atom stereocenters. The first-order valence-corrected chi connectivity index (χ1v) is 6.49. The summed E-state index contributed by atoms with van der Waals surface area (Å²) in [6, 6.07) is 9.69. The van der Waals surface area contributed by atoms with Crippen molar-refractivity contribution in [3.8, 4) is 0 Å². The van der Waals surface area contributed by atoms with Gasteiger partial charge in [-0.3, -0.25) is 0 Å². The Morgan fingerprint density at radius 2 is 2.05 bits per heavy atom. The van der Waals surface area contributed by atoms with Crippen molar-refractivity contribution < 1.29 is 4.42 Å². The Morgan fingerprint density at radius 3 is 2.89 bits per heavy atom. The maximum Gasteiger partial charge on any atom is 0.146 e. The largest absolute Gasteiger partial charge is 0.463 e. The number of rotatable bonds is 3. The predicted octanol–water partition coefficient (Wildman–Crippen LogP) is 3.98. The highest BCUT2D eigenvalue weighted by Gasteiger charge is 2.01. The molecule has 0 saturated heterocycles. The molecule has 0 atom stereocenters. The summed E-state index contributed by atoms with van der Waals surface area (Å²) in [5.41, 5.74) is 2.06. The number of H-pyrrole nitrogens is 1. The van der Waals surface area contributed by atoms with Gasteiger partial charge in [-0.15, -0.1) is 0 Å². The molecule has 3 aromatic rings. The molecule has 0 bridgehead atoms. The van der Waals surface area contributed by atoms with E-state index in [0.717, 1.165) is 20.9 Å². The van der Waals surface area contributed by atoms with Crippen molar-refractivity contribution in [2.75, 3.05) is 0 Å². The molecule has 1 aromatic carbocycles. The molecule has 0 aliphatic carbocycles. The zero-order valence-corrected chi connectivity index (χ0v) is 11.5. The van der Waals surface area contributed by atoms with Gasteiger partial charge >= 0.3 is 0 Å². The minimum Gasteiger partial charge on any atom is -0.463 e. The first-order chi connectivity index (χ1) is 9.33. The SMILES string of the molecule is Brc1ccc2[nH]cc(C=NN=Cc3ccco3)c2c1. The first-order valence-electron chi connectivity index (χ1n) is 5.69. The lowest BCUT2D eigenvalue weighted by Gasteiger charge is -1.92. The highest BCUT2D eigenvalue weighted by molar-refractivity contribution is 9.10. The normalized spacial score (nSPS) is 12.1. The summed E-state index contributed by atoms with van der Waals surface area (Å²) in [6.07, 6.45) is 6.79. The summed E-state index contributed by atoms with van der Waals surface area (Å²) in [5.74, 6) is 0.679. The molecule has 0 fully saturated rings. The smallest absolute Gasteiger partial charge is 0.146 e. The third-order valence-electron chi connectivity index (χ3n) is 2.67. The van der Waals surface area contributed by atoms with Gasteiger partial charge in [-0.05, 0) is 30.3 Å². The van der Waals surface area contributed by atoms with E-state index in [-0.39, 0.29) is 0 Å². The van der Waals surface area contributed by atoms with Crippen LogP contribution in [-0.4, -0.2) is 17.4 Å². The van der Waals surface area contributed by atoms with Crippen LogP contribution in [0.4, 0.5) is 0 Å². The van der Waals surface area contributed by atoms with Gasteiger partial charge in [-0.2, -0.15) is 10.2 Å². The van der Waals surface area contributed by atoms with Crippen molar-refractivity contribution in [1.82, 2.24) is 4.98 Å². The maximum absolute atomic E-state index is 5.12. The van der Waals surface area contributed by atoms with Crippen LogP contribution in [0.3, 0.4) is 0 Å². The van der Waals surface area contributed by atoms with Crippen molar-refractivity contribution in [1.29, 1.82) is 0 Å². The van der Waals surface area contributed by atoms with Crippen molar-refractivity contribution in [2.45, 2.75) is 0 Å². The molecule has 19 heavy (non-hydrogen) atoms. The number of benzene rings is 1. The molecule has 3 rings (SSSR count). The average Bonchev–Trinajstić information content (AvgIpc) is 3.04. The summed E-state index contributed by atoms with van der Waals surface area (Å²) >= 11 is 3.46. The lowest BCUT2D eigenvalue weighted by Crippen LogP contribution is -1.78. The molecule has 2 heterocycles. The minimum atomic E-state index is 0.679. The highest BCUT2D eigenvalue weighted by atomic mass is 79.9. The molecule has 0 aliphatic rings. The molecule has 0 saturated carbocycles. The fourth-order valence-corrected chi connectivity index (χ4v) is 2.13. The van der Waals surface area contributed by atoms with Crippen LogP contribution < -0.4 is 0 Å². The van der Waals surface area contributed by atoms with E-state index < -0.39 is 0 Å². The van der Waals surface area contributed by atoms with Crippen LogP contribution in [-0.2, 0) is 0 Å². The van der Waals surface area contributed by atoms with Crippen LogP contribution in [0, 0.1) is 0 Å². The minimum absolute atomic E-state index is 0.679. The second-order valence-electron chi connectivity index (χ2n) is 3.94. The first kappa shape index (κ1) is 11.9. The number of nitrogens with one attached hydrogen (secondary N) is 1. The van der Waals surface area contributed by atoms with Crippen molar-refractivity contribution in [3.05, 3.63) is 58.6 Å². The number of furan rings is 1. The third kappa shape index (κ3) is 2.66. The van der Waals surface area contributed by atoms with Crippen molar-refractivity contribution in [2.24, 2.45) is 10.2 Å². The topological polar surface area (TPSA) is 53.6 Å². The molecule has 0 spiro atoms. The maximum atomic E-state index is 5.12. The second kappa shape index (κ2) is 5.24. The molecule has 2 aromatic heterocycles. The number of aromatic amines is 1. The van der Waals surface area contributed by atoms with E-state index in [4.69, 9.17) is 4.42 Å². The van der Waals surface area contributed by atoms with E-state index in [9.17, 15) is 0 Å². The van der Waals surface area contributed by atoms with Gasteiger partial charge < -0.3 is 9.40 Å². The molecule has 5 heteroatoms.